The van der Waals surface area contributed by atoms with Crippen molar-refractivity contribution in [2.24, 2.45) is 5.92 Å². The summed E-state index contributed by atoms with van der Waals surface area (Å²) in [5.74, 6) is 1.70. The Morgan fingerprint density at radius 3 is 2.47 bits per heavy atom. The van der Waals surface area contributed by atoms with Gasteiger partial charge in [-0.3, -0.25) is 4.79 Å². The van der Waals surface area contributed by atoms with E-state index in [0.29, 0.717) is 12.4 Å². The predicted molar refractivity (Wildman–Crippen MR) is 77.7 cm³/mol. The first-order chi connectivity index (χ1) is 8.99. The van der Waals surface area contributed by atoms with Gasteiger partial charge < -0.3 is 9.47 Å². The molecule has 0 bridgehead atoms. The molecule has 0 aliphatic heterocycles. The van der Waals surface area contributed by atoms with Crippen LogP contribution in [-0.4, -0.2) is 19.5 Å². The Morgan fingerprint density at radius 2 is 2.00 bits per heavy atom. The van der Waals surface area contributed by atoms with Crippen molar-refractivity contribution in [1.82, 2.24) is 0 Å². The molecule has 1 rings (SSSR count). The highest BCUT2D eigenvalue weighted by Crippen LogP contribution is 2.29. The van der Waals surface area contributed by atoms with Gasteiger partial charge in [0.1, 0.15) is 0 Å². The Hall–Kier alpha value is -1.77. The number of allylic oxidation sites excluding steroid dienone is 1. The first-order valence-electron chi connectivity index (χ1n) is 6.53. The molecule has 3 heteroatoms. The van der Waals surface area contributed by atoms with Crippen LogP contribution in [-0.2, 0) is 4.79 Å². The minimum atomic E-state index is 0.0999. The summed E-state index contributed by atoms with van der Waals surface area (Å²) >= 11 is 0. The fraction of sp³-hybridized carbons (Fsp3) is 0.438. The number of hydrogen-bond acceptors (Lipinski definition) is 3. The summed E-state index contributed by atoms with van der Waals surface area (Å²) in [5.41, 5.74) is 1.76. The second-order valence-electron chi connectivity index (χ2n) is 4.65. The largest absolute Gasteiger partial charge is 0.493 e. The van der Waals surface area contributed by atoms with Crippen LogP contribution >= 0.6 is 0 Å². The minimum Gasteiger partial charge on any atom is -0.493 e. The normalized spacial score (nSPS) is 11.6. The Bertz CT molecular complexity index is 473. The Balaban J connectivity index is 3.14. The maximum atomic E-state index is 11.6. The molecule has 0 spiro atoms. The Morgan fingerprint density at radius 1 is 1.32 bits per heavy atom. The van der Waals surface area contributed by atoms with Gasteiger partial charge in [0.15, 0.2) is 17.3 Å². The maximum Gasteiger partial charge on any atom is 0.161 e. The zero-order valence-corrected chi connectivity index (χ0v) is 12.3. The summed E-state index contributed by atoms with van der Waals surface area (Å²) in [7, 11) is 1.61. The predicted octanol–water partition coefficient (Wildman–Crippen LogP) is 3.72. The molecule has 0 atom stereocenters. The first-order valence-corrected chi connectivity index (χ1v) is 6.53. The molecule has 0 unspecified atom stereocenters. The minimum absolute atomic E-state index is 0.0999. The average Bonchev–Trinajstić information content (AvgIpc) is 2.36. The fourth-order valence-electron chi connectivity index (χ4n) is 1.90. The maximum absolute atomic E-state index is 11.6. The van der Waals surface area contributed by atoms with Gasteiger partial charge in [0.05, 0.1) is 13.7 Å². The quantitative estimate of drug-likeness (QED) is 0.733. The lowest BCUT2D eigenvalue weighted by molar-refractivity contribution is -0.113. The highest BCUT2D eigenvalue weighted by atomic mass is 16.5. The van der Waals surface area contributed by atoms with Crippen LogP contribution in [0.4, 0.5) is 0 Å². The van der Waals surface area contributed by atoms with Crippen LogP contribution in [0.25, 0.3) is 6.08 Å². The third kappa shape index (κ3) is 4.12. The van der Waals surface area contributed by atoms with E-state index in [4.69, 9.17) is 9.47 Å². The van der Waals surface area contributed by atoms with Gasteiger partial charge in [-0.1, -0.05) is 19.9 Å². The number of ether oxygens (including phenoxy) is 2. The second kappa shape index (κ2) is 6.98. The average molecular weight is 262 g/mol. The zero-order valence-electron chi connectivity index (χ0n) is 12.3. The molecule has 0 aromatic heterocycles. The van der Waals surface area contributed by atoms with Gasteiger partial charge in [0.25, 0.3) is 0 Å². The van der Waals surface area contributed by atoms with Crippen molar-refractivity contribution in [3.63, 3.8) is 0 Å². The number of Topliss-reactive ketones (excluding diaryl/α,β-unsaturated/α-hetero) is 1. The third-order valence-corrected chi connectivity index (χ3v) is 2.84. The lowest BCUT2D eigenvalue weighted by Crippen LogP contribution is -2.03. The summed E-state index contributed by atoms with van der Waals surface area (Å²) in [6.07, 6.45) is 1.91. The van der Waals surface area contributed by atoms with Crippen molar-refractivity contribution in [2.75, 3.05) is 13.7 Å². The molecule has 104 valence electrons. The number of ketones is 1. The SMILES string of the molecule is CCOc1ccc(/C=C(/C(C)=O)C(C)C)cc1OC. The number of methoxy groups -OCH3 is 1. The molecule has 0 aliphatic carbocycles. The van der Waals surface area contributed by atoms with Gasteiger partial charge >= 0.3 is 0 Å². The molecule has 0 amide bonds. The lowest BCUT2D eigenvalue weighted by Gasteiger charge is -2.11. The lowest BCUT2D eigenvalue weighted by atomic mass is 9.97. The van der Waals surface area contributed by atoms with Gasteiger partial charge in [-0.25, -0.2) is 0 Å². The van der Waals surface area contributed by atoms with E-state index in [1.807, 2.05) is 45.0 Å². The summed E-state index contributed by atoms with van der Waals surface area (Å²) < 4.78 is 10.8. The molecule has 19 heavy (non-hydrogen) atoms. The Kier molecular flexibility index (Phi) is 5.61. The van der Waals surface area contributed by atoms with Crippen LogP contribution in [0.2, 0.25) is 0 Å². The summed E-state index contributed by atoms with van der Waals surface area (Å²) in [6, 6.07) is 5.68. The van der Waals surface area contributed by atoms with Crippen molar-refractivity contribution in [3.8, 4) is 11.5 Å². The summed E-state index contributed by atoms with van der Waals surface area (Å²) in [5, 5.41) is 0. The highest BCUT2D eigenvalue weighted by molar-refractivity contribution is 5.98. The molecule has 0 fully saturated rings. The Labute approximate surface area is 115 Å². The molecular weight excluding hydrogens is 240 g/mol. The van der Waals surface area contributed by atoms with Crippen LogP contribution in [0.5, 0.6) is 11.5 Å². The van der Waals surface area contributed by atoms with E-state index in [-0.39, 0.29) is 11.7 Å². The fourth-order valence-corrected chi connectivity index (χ4v) is 1.90. The topological polar surface area (TPSA) is 35.5 Å². The van der Waals surface area contributed by atoms with E-state index in [0.717, 1.165) is 16.9 Å². The van der Waals surface area contributed by atoms with Crippen LogP contribution in [0.3, 0.4) is 0 Å². The smallest absolute Gasteiger partial charge is 0.161 e. The molecule has 0 saturated heterocycles. The molecule has 1 aromatic rings. The van der Waals surface area contributed by atoms with Gasteiger partial charge in [-0.05, 0) is 49.1 Å². The van der Waals surface area contributed by atoms with Gasteiger partial charge in [0, 0.05) is 0 Å². The zero-order chi connectivity index (χ0) is 14.4. The van der Waals surface area contributed by atoms with E-state index in [1.54, 1.807) is 14.0 Å². The molecule has 3 nitrogen and oxygen atoms in total. The van der Waals surface area contributed by atoms with Crippen molar-refractivity contribution in [1.29, 1.82) is 0 Å². The van der Waals surface area contributed by atoms with Crippen LogP contribution < -0.4 is 9.47 Å². The van der Waals surface area contributed by atoms with Gasteiger partial charge in [-0.2, -0.15) is 0 Å². The summed E-state index contributed by atoms with van der Waals surface area (Å²) in [4.78, 5) is 11.6. The standard InChI is InChI=1S/C16H22O3/c1-6-19-15-8-7-13(10-16(15)18-5)9-14(11(2)3)12(4)17/h7-11H,6H2,1-5H3/b14-9+. The molecule has 0 N–H and O–H groups in total. The highest BCUT2D eigenvalue weighted by Gasteiger charge is 2.10. The molecule has 1 aromatic carbocycles. The van der Waals surface area contributed by atoms with E-state index in [2.05, 4.69) is 0 Å². The molecule has 0 heterocycles. The molecule has 0 radical (unpaired) electrons. The van der Waals surface area contributed by atoms with E-state index in [9.17, 15) is 4.79 Å². The van der Waals surface area contributed by atoms with Gasteiger partial charge in [0.2, 0.25) is 0 Å². The van der Waals surface area contributed by atoms with E-state index < -0.39 is 0 Å². The first kappa shape index (κ1) is 15.3. The van der Waals surface area contributed by atoms with Crippen molar-refractivity contribution >= 4 is 11.9 Å². The van der Waals surface area contributed by atoms with Crippen LogP contribution in [0, 0.1) is 5.92 Å². The van der Waals surface area contributed by atoms with Crippen molar-refractivity contribution in [2.45, 2.75) is 27.7 Å². The van der Waals surface area contributed by atoms with Crippen molar-refractivity contribution in [3.05, 3.63) is 29.3 Å². The molecule has 0 saturated carbocycles. The number of rotatable bonds is 6. The number of benzene rings is 1. The van der Waals surface area contributed by atoms with Crippen LogP contribution in [0.15, 0.2) is 23.8 Å². The van der Waals surface area contributed by atoms with Gasteiger partial charge in [-0.15, -0.1) is 0 Å². The second-order valence-corrected chi connectivity index (χ2v) is 4.65. The number of carbonyl (C=O) groups is 1. The van der Waals surface area contributed by atoms with E-state index in [1.165, 1.54) is 0 Å². The van der Waals surface area contributed by atoms with Crippen LogP contribution in [0.1, 0.15) is 33.3 Å². The summed E-state index contributed by atoms with van der Waals surface area (Å²) in [6.45, 7) is 8.14. The monoisotopic (exact) mass is 262 g/mol. The van der Waals surface area contributed by atoms with E-state index >= 15 is 0 Å². The molecule has 0 aliphatic rings. The van der Waals surface area contributed by atoms with Crippen molar-refractivity contribution < 1.29 is 14.3 Å². The third-order valence-electron chi connectivity index (χ3n) is 2.84. The number of hydrogen-bond donors (Lipinski definition) is 0. The number of carbonyl (C=O) groups excluding carboxylic acids is 1. The molecular formula is C16H22O3.